The largest absolute Gasteiger partial charge is 0.493 e. The first-order chi connectivity index (χ1) is 18.6. The maximum Gasteiger partial charge on any atom is 0.349 e. The Balaban J connectivity index is 1.35. The van der Waals surface area contributed by atoms with Crippen LogP contribution in [0.4, 0.5) is 0 Å². The minimum Gasteiger partial charge on any atom is -0.493 e. The van der Waals surface area contributed by atoms with E-state index in [0.29, 0.717) is 17.1 Å². The normalized spacial score (nSPS) is 10.8. The molecule has 8 nitrogen and oxygen atoms in total. The second-order valence-electron chi connectivity index (χ2n) is 8.00. The van der Waals surface area contributed by atoms with Gasteiger partial charge in [-0.2, -0.15) is 5.26 Å². The molecular weight excluding hydrogens is 484 g/mol. The maximum absolute atomic E-state index is 12.4. The number of ether oxygens (including phenoxy) is 3. The van der Waals surface area contributed by atoms with E-state index < -0.39 is 11.9 Å². The van der Waals surface area contributed by atoms with Crippen LogP contribution in [0, 0.1) is 11.3 Å². The first-order valence-corrected chi connectivity index (χ1v) is 11.6. The van der Waals surface area contributed by atoms with Crippen molar-refractivity contribution in [2.45, 2.75) is 6.54 Å². The summed E-state index contributed by atoms with van der Waals surface area (Å²) in [7, 11) is 1.42. The summed E-state index contributed by atoms with van der Waals surface area (Å²) in [4.78, 5) is 24.8. The topological polar surface area (TPSA) is 111 Å². The standard InChI is InChI=1S/C30H24N2O6/c1-35-28-17-21(16-24(18-31)30(34)32-19-26-8-5-15-36-26)9-14-27(28)38-29(33)20-37-25-12-10-23(11-13-25)22-6-3-2-4-7-22/h2-17H,19-20H2,1H3,(H,32,34)/b24-16+. The molecule has 0 unspecified atom stereocenters. The first-order valence-electron chi connectivity index (χ1n) is 11.6. The highest BCUT2D eigenvalue weighted by molar-refractivity contribution is 6.01. The molecule has 3 aromatic carbocycles. The van der Waals surface area contributed by atoms with Crippen LogP contribution in [0.3, 0.4) is 0 Å². The lowest BCUT2D eigenvalue weighted by Crippen LogP contribution is -2.23. The summed E-state index contributed by atoms with van der Waals surface area (Å²) >= 11 is 0. The number of carbonyl (C=O) groups is 2. The Morgan fingerprint density at radius 1 is 0.947 bits per heavy atom. The molecule has 38 heavy (non-hydrogen) atoms. The summed E-state index contributed by atoms with van der Waals surface area (Å²) in [6.07, 6.45) is 2.91. The Morgan fingerprint density at radius 3 is 2.39 bits per heavy atom. The summed E-state index contributed by atoms with van der Waals surface area (Å²) in [5.74, 6) is 0.368. The molecule has 4 aromatic rings. The number of hydrogen-bond acceptors (Lipinski definition) is 7. The van der Waals surface area contributed by atoms with Crippen molar-refractivity contribution in [2.24, 2.45) is 0 Å². The van der Waals surface area contributed by atoms with Crippen LogP contribution in [0.25, 0.3) is 17.2 Å². The first kappa shape index (κ1) is 25.8. The Hall–Kier alpha value is -5.29. The van der Waals surface area contributed by atoms with Crippen molar-refractivity contribution in [3.8, 4) is 34.4 Å². The predicted octanol–water partition coefficient (Wildman–Crippen LogP) is 5.16. The van der Waals surface area contributed by atoms with E-state index in [-0.39, 0.29) is 30.2 Å². The third-order valence-electron chi connectivity index (χ3n) is 5.41. The van der Waals surface area contributed by atoms with Gasteiger partial charge in [-0.25, -0.2) is 4.79 Å². The Bertz CT molecular complexity index is 1450. The minimum atomic E-state index is -0.617. The number of benzene rings is 3. The number of esters is 1. The van der Waals surface area contributed by atoms with Crippen LogP contribution in [0.15, 0.2) is 101 Å². The molecule has 0 atom stereocenters. The zero-order valence-corrected chi connectivity index (χ0v) is 20.5. The highest BCUT2D eigenvalue weighted by Crippen LogP contribution is 2.29. The second kappa shape index (κ2) is 12.6. The number of nitriles is 1. The lowest BCUT2D eigenvalue weighted by atomic mass is 10.1. The number of carbonyl (C=O) groups excluding carboxylic acids is 2. The molecule has 0 saturated carbocycles. The summed E-state index contributed by atoms with van der Waals surface area (Å²) in [5, 5.41) is 12.0. The van der Waals surface area contributed by atoms with E-state index in [1.54, 1.807) is 36.4 Å². The van der Waals surface area contributed by atoms with Gasteiger partial charge in [0.15, 0.2) is 18.1 Å². The van der Waals surface area contributed by atoms with Gasteiger partial charge < -0.3 is 23.9 Å². The number of amides is 1. The number of methoxy groups -OCH3 is 1. The van der Waals surface area contributed by atoms with E-state index >= 15 is 0 Å². The lowest BCUT2D eigenvalue weighted by Gasteiger charge is -2.11. The fourth-order valence-corrected chi connectivity index (χ4v) is 3.52. The van der Waals surface area contributed by atoms with Crippen LogP contribution in [0.1, 0.15) is 11.3 Å². The van der Waals surface area contributed by atoms with E-state index in [2.05, 4.69) is 5.32 Å². The number of rotatable bonds is 10. The van der Waals surface area contributed by atoms with Gasteiger partial charge in [0.2, 0.25) is 0 Å². The molecule has 0 aliphatic heterocycles. The smallest absolute Gasteiger partial charge is 0.349 e. The van der Waals surface area contributed by atoms with Crippen LogP contribution < -0.4 is 19.5 Å². The number of hydrogen-bond donors (Lipinski definition) is 1. The Labute approximate surface area is 219 Å². The minimum absolute atomic E-state index is 0.102. The highest BCUT2D eigenvalue weighted by Gasteiger charge is 2.14. The second-order valence-corrected chi connectivity index (χ2v) is 8.00. The van der Waals surface area contributed by atoms with Crippen LogP contribution in [0.5, 0.6) is 17.2 Å². The molecule has 190 valence electrons. The highest BCUT2D eigenvalue weighted by atomic mass is 16.6. The van der Waals surface area contributed by atoms with Crippen LogP contribution >= 0.6 is 0 Å². The molecule has 0 saturated heterocycles. The van der Waals surface area contributed by atoms with Gasteiger partial charge in [-0.15, -0.1) is 0 Å². The summed E-state index contributed by atoms with van der Waals surface area (Å²) in [6, 6.07) is 27.3. The molecule has 1 amide bonds. The quantitative estimate of drug-likeness (QED) is 0.136. The molecule has 0 bridgehead atoms. The molecule has 8 heteroatoms. The van der Waals surface area contributed by atoms with Gasteiger partial charge in [0.25, 0.3) is 5.91 Å². The van der Waals surface area contributed by atoms with Gasteiger partial charge in [0.1, 0.15) is 23.2 Å². The molecule has 0 aliphatic carbocycles. The number of furan rings is 1. The molecule has 0 aliphatic rings. The monoisotopic (exact) mass is 508 g/mol. The molecule has 1 N–H and O–H groups in total. The summed E-state index contributed by atoms with van der Waals surface area (Å²) < 4.78 is 21.5. The SMILES string of the molecule is COc1cc(/C=C(\C#N)C(=O)NCc2ccco2)ccc1OC(=O)COc1ccc(-c2ccccc2)cc1. The van der Waals surface area contributed by atoms with E-state index in [1.165, 1.54) is 25.5 Å². The van der Waals surface area contributed by atoms with Gasteiger partial charge in [0, 0.05) is 0 Å². The van der Waals surface area contributed by atoms with Crippen molar-refractivity contribution in [1.82, 2.24) is 5.32 Å². The Kier molecular flexibility index (Phi) is 8.56. The van der Waals surface area contributed by atoms with Crippen molar-refractivity contribution >= 4 is 18.0 Å². The van der Waals surface area contributed by atoms with Crippen LogP contribution in [-0.2, 0) is 16.1 Å². The van der Waals surface area contributed by atoms with Gasteiger partial charge >= 0.3 is 5.97 Å². The molecule has 0 spiro atoms. The van der Waals surface area contributed by atoms with Gasteiger partial charge in [-0.3, -0.25) is 4.79 Å². The van der Waals surface area contributed by atoms with E-state index in [1.807, 2.05) is 48.5 Å². The molecular formula is C30H24N2O6. The van der Waals surface area contributed by atoms with Gasteiger partial charge in [0.05, 0.1) is 19.9 Å². The number of nitrogens with zero attached hydrogens (tertiary/aromatic N) is 1. The average molecular weight is 509 g/mol. The van der Waals surface area contributed by atoms with Gasteiger partial charge in [-0.1, -0.05) is 48.5 Å². The Morgan fingerprint density at radius 2 is 1.71 bits per heavy atom. The van der Waals surface area contributed by atoms with Crippen LogP contribution in [0.2, 0.25) is 0 Å². The lowest BCUT2D eigenvalue weighted by molar-refractivity contribution is -0.136. The van der Waals surface area contributed by atoms with Crippen molar-refractivity contribution in [3.63, 3.8) is 0 Å². The van der Waals surface area contributed by atoms with E-state index in [9.17, 15) is 14.9 Å². The third kappa shape index (κ3) is 6.89. The molecule has 0 fully saturated rings. The zero-order chi connectivity index (χ0) is 26.7. The van der Waals surface area contributed by atoms with Crippen molar-refractivity contribution in [2.75, 3.05) is 13.7 Å². The van der Waals surface area contributed by atoms with Gasteiger partial charge in [-0.05, 0) is 59.2 Å². The van der Waals surface area contributed by atoms with E-state index in [4.69, 9.17) is 18.6 Å². The maximum atomic E-state index is 12.4. The molecule has 1 aromatic heterocycles. The van der Waals surface area contributed by atoms with Crippen molar-refractivity contribution in [3.05, 3.63) is 108 Å². The fourth-order valence-electron chi connectivity index (χ4n) is 3.52. The van der Waals surface area contributed by atoms with Crippen molar-refractivity contribution < 1.29 is 28.2 Å². The van der Waals surface area contributed by atoms with Crippen LogP contribution in [-0.4, -0.2) is 25.6 Å². The zero-order valence-electron chi connectivity index (χ0n) is 20.5. The molecule has 0 radical (unpaired) electrons. The third-order valence-corrected chi connectivity index (χ3v) is 5.41. The number of nitrogens with one attached hydrogen (secondary N) is 1. The fraction of sp³-hybridized carbons (Fsp3) is 0.100. The molecule has 1 heterocycles. The average Bonchev–Trinajstić information content (AvgIpc) is 3.49. The summed E-state index contributed by atoms with van der Waals surface area (Å²) in [6.45, 7) is -0.147. The van der Waals surface area contributed by atoms with Crippen molar-refractivity contribution in [1.29, 1.82) is 5.26 Å². The summed E-state index contributed by atoms with van der Waals surface area (Å²) in [5.41, 5.74) is 2.53. The van der Waals surface area contributed by atoms with E-state index in [0.717, 1.165) is 11.1 Å². The predicted molar refractivity (Wildman–Crippen MR) is 140 cm³/mol. The molecule has 4 rings (SSSR count).